The summed E-state index contributed by atoms with van der Waals surface area (Å²) in [6, 6.07) is 11.4. The number of alkyl carbamates (subject to hydrolysis) is 1. The predicted molar refractivity (Wildman–Crippen MR) is 126 cm³/mol. The van der Waals surface area contributed by atoms with Gasteiger partial charge in [-0.1, -0.05) is 30.3 Å². The number of fused-ring (bicyclic) bond motifs is 1. The van der Waals surface area contributed by atoms with Crippen LogP contribution in [0.3, 0.4) is 0 Å². The Morgan fingerprint density at radius 2 is 1.67 bits per heavy atom. The van der Waals surface area contributed by atoms with Crippen molar-refractivity contribution in [3.63, 3.8) is 0 Å². The van der Waals surface area contributed by atoms with Crippen LogP contribution in [0.2, 0.25) is 0 Å². The lowest BCUT2D eigenvalue weighted by Gasteiger charge is -2.27. The van der Waals surface area contributed by atoms with Crippen molar-refractivity contribution in [3.8, 4) is 0 Å². The van der Waals surface area contributed by atoms with Gasteiger partial charge in [0.2, 0.25) is 5.91 Å². The molecule has 4 N–H and O–H groups in total. The van der Waals surface area contributed by atoms with Crippen LogP contribution in [-0.4, -0.2) is 40.8 Å². The first kappa shape index (κ1) is 26.1. The summed E-state index contributed by atoms with van der Waals surface area (Å²) in [5.41, 5.74) is 6.55. The number of hydrogen-bond acceptors (Lipinski definition) is 5. The number of nitrogens with two attached hydrogens (primary N) is 1. The van der Waals surface area contributed by atoms with Gasteiger partial charge in [-0.2, -0.15) is 0 Å². The van der Waals surface area contributed by atoms with Crippen molar-refractivity contribution in [3.05, 3.63) is 47.5 Å². The molecule has 0 aliphatic heterocycles. The van der Waals surface area contributed by atoms with E-state index in [1.54, 1.807) is 20.8 Å². The number of ether oxygens (including phenoxy) is 2. The summed E-state index contributed by atoms with van der Waals surface area (Å²) in [5.74, 6) is -1.27. The maximum Gasteiger partial charge on any atom is 0.407 e. The number of carbonyl (C=O) groups excluding carboxylic acids is 2. The molecule has 0 saturated carbocycles. The topological polar surface area (TPSA) is 128 Å². The molecular weight excluding hydrogens is 424 g/mol. The zero-order valence-corrected chi connectivity index (χ0v) is 19.7. The van der Waals surface area contributed by atoms with Crippen LogP contribution in [0.15, 0.2) is 36.4 Å². The lowest BCUT2D eigenvalue weighted by Crippen LogP contribution is -2.45. The van der Waals surface area contributed by atoms with Gasteiger partial charge >= 0.3 is 12.1 Å². The number of primary amides is 1. The smallest absolute Gasteiger partial charge is 0.407 e. The molecule has 2 amide bonds. The number of carboxylic acid groups (broad SMARTS) is 1. The minimum absolute atomic E-state index is 0.0865. The van der Waals surface area contributed by atoms with Crippen molar-refractivity contribution in [1.82, 2.24) is 5.32 Å². The van der Waals surface area contributed by atoms with Crippen LogP contribution in [0.5, 0.6) is 0 Å². The normalized spacial score (nSPS) is 13.3. The molecule has 8 nitrogen and oxygen atoms in total. The average molecular weight is 459 g/mol. The molecule has 0 aliphatic rings. The molecule has 0 heterocycles. The molecule has 2 aromatic carbocycles. The third kappa shape index (κ3) is 9.49. The summed E-state index contributed by atoms with van der Waals surface area (Å²) in [5, 5.41) is 13.7. The molecule has 33 heavy (non-hydrogen) atoms. The number of rotatable bonds is 11. The maximum absolute atomic E-state index is 12.2. The average Bonchev–Trinajstić information content (AvgIpc) is 2.71. The van der Waals surface area contributed by atoms with Crippen LogP contribution >= 0.6 is 0 Å². The molecule has 0 aromatic heterocycles. The first-order chi connectivity index (χ1) is 15.4. The fourth-order valence-corrected chi connectivity index (χ4v) is 3.37. The summed E-state index contributed by atoms with van der Waals surface area (Å²) < 4.78 is 11.3. The molecule has 0 unspecified atom stereocenters. The molecule has 0 saturated heterocycles. The van der Waals surface area contributed by atoms with Crippen LogP contribution in [0.25, 0.3) is 10.8 Å². The van der Waals surface area contributed by atoms with Gasteiger partial charge in [-0.05, 0) is 68.5 Å². The quantitative estimate of drug-likeness (QED) is 0.468. The Morgan fingerprint density at radius 1 is 1.03 bits per heavy atom. The van der Waals surface area contributed by atoms with E-state index in [-0.39, 0.29) is 12.8 Å². The second-order valence-electron chi connectivity index (χ2n) is 9.18. The van der Waals surface area contributed by atoms with E-state index in [1.807, 2.05) is 43.3 Å². The van der Waals surface area contributed by atoms with Crippen LogP contribution in [0, 0.1) is 0 Å². The molecule has 2 rings (SSSR count). The van der Waals surface area contributed by atoms with Gasteiger partial charge in [0.1, 0.15) is 5.60 Å². The van der Waals surface area contributed by atoms with Gasteiger partial charge in [0, 0.05) is 12.8 Å². The van der Waals surface area contributed by atoms with Gasteiger partial charge < -0.3 is 25.6 Å². The molecule has 180 valence electrons. The summed E-state index contributed by atoms with van der Waals surface area (Å²) in [6.45, 7) is 7.46. The fourth-order valence-electron chi connectivity index (χ4n) is 3.37. The van der Waals surface area contributed by atoms with Gasteiger partial charge in [0.25, 0.3) is 0 Å². The number of amides is 2. The second kappa shape index (κ2) is 11.7. The first-order valence-corrected chi connectivity index (χ1v) is 11.1. The number of benzene rings is 2. The van der Waals surface area contributed by atoms with E-state index in [4.69, 9.17) is 20.3 Å². The molecule has 0 bridgehead atoms. The third-order valence-electron chi connectivity index (χ3n) is 5.08. The summed E-state index contributed by atoms with van der Waals surface area (Å²) in [4.78, 5) is 34.3. The Hall–Kier alpha value is -3.13. The van der Waals surface area contributed by atoms with E-state index in [0.29, 0.717) is 19.4 Å². The highest BCUT2D eigenvalue weighted by molar-refractivity contribution is 5.84. The molecule has 0 aliphatic carbocycles. The van der Waals surface area contributed by atoms with E-state index >= 15 is 0 Å². The van der Waals surface area contributed by atoms with Crippen molar-refractivity contribution < 1.29 is 29.0 Å². The van der Waals surface area contributed by atoms with Crippen molar-refractivity contribution in [2.45, 2.75) is 77.7 Å². The molecular formula is C25H34N2O6. The van der Waals surface area contributed by atoms with E-state index in [0.717, 1.165) is 21.9 Å². The largest absolute Gasteiger partial charge is 0.481 e. The van der Waals surface area contributed by atoms with Gasteiger partial charge in [0.15, 0.2) is 0 Å². The highest BCUT2D eigenvalue weighted by Crippen LogP contribution is 2.20. The fraction of sp³-hybridized carbons (Fsp3) is 0.480. The number of nitrogens with one attached hydrogen (secondary N) is 1. The van der Waals surface area contributed by atoms with Gasteiger partial charge in [-0.25, -0.2) is 4.79 Å². The van der Waals surface area contributed by atoms with E-state index in [1.165, 1.54) is 0 Å². The number of hydrogen-bond donors (Lipinski definition) is 3. The molecule has 8 heteroatoms. The van der Waals surface area contributed by atoms with E-state index in [2.05, 4.69) is 5.32 Å². The monoisotopic (exact) mass is 458 g/mol. The van der Waals surface area contributed by atoms with Crippen molar-refractivity contribution in [2.75, 3.05) is 0 Å². The number of aryl methyl sites for hydroxylation is 1. The minimum Gasteiger partial charge on any atom is -0.481 e. The summed E-state index contributed by atoms with van der Waals surface area (Å²) in [6.07, 6.45) is 0.0368. The van der Waals surface area contributed by atoms with Gasteiger partial charge in [0.05, 0.1) is 18.8 Å². The zero-order valence-electron chi connectivity index (χ0n) is 19.7. The molecule has 0 fully saturated rings. The third-order valence-corrected chi connectivity index (χ3v) is 5.08. The highest BCUT2D eigenvalue weighted by atomic mass is 16.6. The summed E-state index contributed by atoms with van der Waals surface area (Å²) >= 11 is 0. The lowest BCUT2D eigenvalue weighted by molar-refractivity contribution is -0.137. The Kier molecular flexibility index (Phi) is 9.22. The molecule has 0 spiro atoms. The van der Waals surface area contributed by atoms with Crippen molar-refractivity contribution in [1.29, 1.82) is 0 Å². The standard InChI is InChI=1S/C25H34N2O6/c1-16(21(10-11-22(26)28)27-24(31)33-25(2,3)4)32-15-18-6-9-19-8-5-17(7-12-23(29)30)13-20(19)14-18/h5-6,8-9,13-14,16,21H,7,10-12,15H2,1-4H3,(H2,26,28)(H,27,31)(H,29,30)/t16-,21+/m1/s1. The van der Waals surface area contributed by atoms with Crippen molar-refractivity contribution in [2.24, 2.45) is 5.73 Å². The number of aliphatic carboxylic acids is 1. The lowest BCUT2D eigenvalue weighted by atomic mass is 10.0. The Balaban J connectivity index is 2.05. The number of carbonyl (C=O) groups is 3. The van der Waals surface area contributed by atoms with Gasteiger partial charge in [-0.15, -0.1) is 0 Å². The highest BCUT2D eigenvalue weighted by Gasteiger charge is 2.24. The summed E-state index contributed by atoms with van der Waals surface area (Å²) in [7, 11) is 0. The Labute approximate surface area is 194 Å². The van der Waals surface area contributed by atoms with Crippen LogP contribution < -0.4 is 11.1 Å². The zero-order chi connectivity index (χ0) is 24.6. The molecule has 2 atom stereocenters. The Bertz CT molecular complexity index is 983. The number of carboxylic acids is 1. The molecule has 0 radical (unpaired) electrons. The SMILES string of the molecule is C[C@@H](OCc1ccc2ccc(CCC(=O)O)cc2c1)[C@H](CCC(N)=O)NC(=O)OC(C)(C)C. The minimum atomic E-state index is -0.822. The van der Waals surface area contributed by atoms with Crippen LogP contribution in [0.4, 0.5) is 4.79 Å². The van der Waals surface area contributed by atoms with Crippen molar-refractivity contribution >= 4 is 28.7 Å². The Morgan fingerprint density at radius 3 is 2.27 bits per heavy atom. The molecule has 2 aromatic rings. The van der Waals surface area contributed by atoms with Crippen LogP contribution in [-0.2, 0) is 32.1 Å². The second-order valence-corrected chi connectivity index (χ2v) is 9.18. The van der Waals surface area contributed by atoms with Gasteiger partial charge in [-0.3, -0.25) is 9.59 Å². The first-order valence-electron chi connectivity index (χ1n) is 11.1. The maximum atomic E-state index is 12.2. The van der Waals surface area contributed by atoms with E-state index in [9.17, 15) is 14.4 Å². The van der Waals surface area contributed by atoms with E-state index < -0.39 is 35.7 Å². The van der Waals surface area contributed by atoms with Crippen LogP contribution in [0.1, 0.15) is 58.1 Å². The predicted octanol–water partition coefficient (Wildman–Crippen LogP) is 3.92.